The Morgan fingerprint density at radius 1 is 0.703 bits per heavy atom. The van der Waals surface area contributed by atoms with Crippen LogP contribution in [0.5, 0.6) is 0 Å². The maximum absolute atomic E-state index is 7.48. The highest BCUT2D eigenvalue weighted by Crippen LogP contribution is 2.51. The van der Waals surface area contributed by atoms with Crippen LogP contribution in [0.1, 0.15) is 25.0 Å². The van der Waals surface area contributed by atoms with Crippen LogP contribution < -0.4 is 4.90 Å². The minimum absolute atomic E-state index is 0.137. The fourth-order valence-electron chi connectivity index (χ4n) is 5.75. The Morgan fingerprint density at radius 2 is 1.32 bits per heavy atom. The van der Waals surface area contributed by atoms with Crippen molar-refractivity contribution in [3.05, 3.63) is 126 Å². The number of fused-ring (bicyclic) bond motifs is 5. The van der Waals surface area contributed by atoms with Crippen molar-refractivity contribution in [2.45, 2.75) is 19.3 Å². The SMILES string of the molecule is [C-]#[N+]c1ccc2c(c1)c1ccccc1n2-c1cncc(N2c3ccccc3C(C)(C)c3ccccc32)n1. The summed E-state index contributed by atoms with van der Waals surface area (Å²) in [5.41, 5.74) is 7.26. The second-order valence-corrected chi connectivity index (χ2v) is 9.90. The van der Waals surface area contributed by atoms with Gasteiger partial charge in [0, 0.05) is 10.8 Å². The van der Waals surface area contributed by atoms with Crippen molar-refractivity contribution in [3.63, 3.8) is 0 Å². The molecule has 5 nitrogen and oxygen atoms in total. The van der Waals surface area contributed by atoms with Crippen molar-refractivity contribution in [3.8, 4) is 5.82 Å². The fourth-order valence-corrected chi connectivity index (χ4v) is 5.75. The monoisotopic (exact) mass is 477 g/mol. The van der Waals surface area contributed by atoms with Gasteiger partial charge in [0.1, 0.15) is 0 Å². The largest absolute Gasteiger partial charge is 0.293 e. The first-order chi connectivity index (χ1) is 18.1. The first-order valence-corrected chi connectivity index (χ1v) is 12.3. The second kappa shape index (κ2) is 7.78. The third-order valence-electron chi connectivity index (χ3n) is 7.49. The number of anilines is 3. The van der Waals surface area contributed by atoms with E-state index >= 15 is 0 Å². The second-order valence-electron chi connectivity index (χ2n) is 9.90. The average Bonchev–Trinajstić information content (AvgIpc) is 3.27. The lowest BCUT2D eigenvalue weighted by Gasteiger charge is -2.41. The van der Waals surface area contributed by atoms with E-state index in [1.165, 1.54) is 11.1 Å². The summed E-state index contributed by atoms with van der Waals surface area (Å²) in [5.74, 6) is 1.50. The van der Waals surface area contributed by atoms with Crippen molar-refractivity contribution < 1.29 is 0 Å². The molecule has 0 aliphatic carbocycles. The molecule has 0 saturated heterocycles. The van der Waals surface area contributed by atoms with E-state index in [1.54, 1.807) is 0 Å². The molecule has 0 fully saturated rings. The van der Waals surface area contributed by atoms with E-state index in [9.17, 15) is 0 Å². The highest BCUT2D eigenvalue weighted by atomic mass is 15.2. The molecule has 0 atom stereocenters. The van der Waals surface area contributed by atoms with E-state index in [2.05, 4.69) is 93.8 Å². The lowest BCUT2D eigenvalue weighted by atomic mass is 9.74. The summed E-state index contributed by atoms with van der Waals surface area (Å²) in [4.78, 5) is 15.7. The van der Waals surface area contributed by atoms with Crippen LogP contribution in [0.4, 0.5) is 22.9 Å². The van der Waals surface area contributed by atoms with Crippen molar-refractivity contribution in [2.75, 3.05) is 4.90 Å². The van der Waals surface area contributed by atoms with Gasteiger partial charge in [0.05, 0.1) is 41.4 Å². The predicted octanol–water partition coefficient (Wildman–Crippen LogP) is 8.23. The molecule has 0 unspecified atom stereocenters. The normalized spacial score (nSPS) is 13.8. The van der Waals surface area contributed by atoms with Crippen molar-refractivity contribution >= 4 is 44.7 Å². The molecule has 0 saturated carbocycles. The molecule has 1 aliphatic rings. The molecule has 0 spiro atoms. The van der Waals surface area contributed by atoms with E-state index < -0.39 is 0 Å². The maximum Gasteiger partial charge on any atom is 0.188 e. The van der Waals surface area contributed by atoms with Gasteiger partial charge in [-0.1, -0.05) is 74.5 Å². The molecule has 0 radical (unpaired) electrons. The van der Waals surface area contributed by atoms with Gasteiger partial charge in [0.15, 0.2) is 17.3 Å². The number of para-hydroxylation sites is 3. The maximum atomic E-state index is 7.48. The quantitative estimate of drug-likeness (QED) is 0.236. The van der Waals surface area contributed by atoms with E-state index in [-0.39, 0.29) is 5.41 Å². The topological polar surface area (TPSA) is 38.3 Å². The standard InChI is InChI=1S/C32H23N5/c1-32(2)24-11-5-8-14-28(24)37(29-15-9-6-12-25(29)32)31-20-34-19-30(35-31)36-26-13-7-4-10-22(26)23-18-21(33-3)16-17-27(23)36/h4-20H,1-2H3. The molecule has 0 bridgehead atoms. The van der Waals surface area contributed by atoms with E-state index in [4.69, 9.17) is 11.6 Å². The van der Waals surface area contributed by atoms with Gasteiger partial charge in [-0.2, -0.15) is 0 Å². The Morgan fingerprint density at radius 3 is 2.05 bits per heavy atom. The van der Waals surface area contributed by atoms with Crippen LogP contribution in [0.2, 0.25) is 0 Å². The van der Waals surface area contributed by atoms with Crippen molar-refractivity contribution in [1.29, 1.82) is 0 Å². The van der Waals surface area contributed by atoms with Crippen LogP contribution in [0.3, 0.4) is 0 Å². The van der Waals surface area contributed by atoms with Gasteiger partial charge in [0.25, 0.3) is 0 Å². The number of hydrogen-bond acceptors (Lipinski definition) is 3. The van der Waals surface area contributed by atoms with Crippen molar-refractivity contribution in [1.82, 2.24) is 14.5 Å². The zero-order valence-electron chi connectivity index (χ0n) is 20.6. The fraction of sp³-hybridized carbons (Fsp3) is 0.0938. The Kier molecular flexibility index (Phi) is 4.49. The van der Waals surface area contributed by atoms with Gasteiger partial charge >= 0.3 is 0 Å². The summed E-state index contributed by atoms with van der Waals surface area (Å²) < 4.78 is 2.14. The number of hydrogen-bond donors (Lipinski definition) is 0. The third-order valence-corrected chi connectivity index (χ3v) is 7.49. The molecule has 7 rings (SSSR count). The summed E-state index contributed by atoms with van der Waals surface area (Å²) in [5, 5.41) is 2.12. The Hall–Kier alpha value is -4.95. The third kappa shape index (κ3) is 3.03. The smallest absolute Gasteiger partial charge is 0.188 e. The van der Waals surface area contributed by atoms with Gasteiger partial charge < -0.3 is 0 Å². The van der Waals surface area contributed by atoms with E-state index in [0.717, 1.165) is 44.8 Å². The van der Waals surface area contributed by atoms with Gasteiger partial charge in [-0.15, -0.1) is 0 Å². The predicted molar refractivity (Wildman–Crippen MR) is 149 cm³/mol. The van der Waals surface area contributed by atoms with Crippen LogP contribution >= 0.6 is 0 Å². The van der Waals surface area contributed by atoms with Crippen LogP contribution in [-0.2, 0) is 5.41 Å². The molecule has 0 N–H and O–H groups in total. The van der Waals surface area contributed by atoms with Gasteiger partial charge in [-0.25, -0.2) is 9.83 Å². The molecule has 3 heterocycles. The van der Waals surface area contributed by atoms with E-state index in [0.29, 0.717) is 5.69 Å². The molecule has 1 aliphatic heterocycles. The molecule has 4 aromatic carbocycles. The zero-order valence-corrected chi connectivity index (χ0v) is 20.6. The highest BCUT2D eigenvalue weighted by Gasteiger charge is 2.37. The summed E-state index contributed by atoms with van der Waals surface area (Å²) in [6.45, 7) is 12.0. The number of benzene rings is 4. The minimum Gasteiger partial charge on any atom is -0.293 e. The number of nitrogens with zero attached hydrogens (tertiary/aromatic N) is 5. The Bertz CT molecular complexity index is 1840. The van der Waals surface area contributed by atoms with E-state index in [1.807, 2.05) is 42.7 Å². The Labute approximate surface area is 215 Å². The van der Waals surface area contributed by atoms with Crippen molar-refractivity contribution in [2.24, 2.45) is 0 Å². The molecular weight excluding hydrogens is 454 g/mol. The molecule has 6 aromatic rings. The lowest BCUT2D eigenvalue weighted by molar-refractivity contribution is 0.631. The van der Waals surface area contributed by atoms with Crippen LogP contribution in [0.25, 0.3) is 32.5 Å². The first-order valence-electron chi connectivity index (χ1n) is 12.3. The molecule has 37 heavy (non-hydrogen) atoms. The summed E-state index contributed by atoms with van der Waals surface area (Å²) in [7, 11) is 0. The summed E-state index contributed by atoms with van der Waals surface area (Å²) >= 11 is 0. The van der Waals surface area contributed by atoms with Crippen LogP contribution in [-0.4, -0.2) is 14.5 Å². The summed E-state index contributed by atoms with van der Waals surface area (Å²) in [6, 6.07) is 31.2. The number of aromatic nitrogens is 3. The average molecular weight is 478 g/mol. The summed E-state index contributed by atoms with van der Waals surface area (Å²) in [6.07, 6.45) is 3.64. The number of rotatable bonds is 2. The molecule has 0 amide bonds. The molecular formula is C32H23N5. The van der Waals surface area contributed by atoms with Gasteiger partial charge in [0.2, 0.25) is 0 Å². The molecule has 176 valence electrons. The van der Waals surface area contributed by atoms with Gasteiger partial charge in [-0.05, 0) is 46.8 Å². The van der Waals surface area contributed by atoms with Crippen LogP contribution in [0.15, 0.2) is 103 Å². The van der Waals surface area contributed by atoms with Gasteiger partial charge in [-0.3, -0.25) is 14.5 Å². The first kappa shape index (κ1) is 21.3. The Balaban J connectivity index is 1.49. The van der Waals surface area contributed by atoms with Crippen LogP contribution in [0, 0.1) is 6.57 Å². The molecule has 2 aromatic heterocycles. The zero-order chi connectivity index (χ0) is 25.1. The lowest BCUT2D eigenvalue weighted by Crippen LogP contribution is -2.31. The molecule has 5 heteroatoms. The minimum atomic E-state index is -0.137. The highest BCUT2D eigenvalue weighted by molar-refractivity contribution is 6.10.